The minimum absolute atomic E-state index is 0.159. The fraction of sp³-hybridized carbons (Fsp3) is 0. The Hall–Kier alpha value is -3.03. The highest BCUT2D eigenvalue weighted by Crippen LogP contribution is 2.29. The van der Waals surface area contributed by atoms with Crippen molar-refractivity contribution in [1.29, 1.82) is 0 Å². The van der Waals surface area contributed by atoms with E-state index in [-0.39, 0.29) is 17.1 Å². The Balaban J connectivity index is 2.36. The summed E-state index contributed by atoms with van der Waals surface area (Å²) >= 11 is 0. The minimum Gasteiger partial charge on any atom is -0.478 e. The minimum atomic E-state index is -1.26. The van der Waals surface area contributed by atoms with Crippen molar-refractivity contribution in [1.82, 2.24) is 4.98 Å². The first-order chi connectivity index (χ1) is 9.49. The van der Waals surface area contributed by atoms with Gasteiger partial charge in [-0.15, -0.1) is 0 Å². The summed E-state index contributed by atoms with van der Waals surface area (Å²) in [7, 11) is 0. The number of ether oxygens (including phenoxy) is 1. The van der Waals surface area contributed by atoms with Gasteiger partial charge >= 0.3 is 5.97 Å². The number of pyridine rings is 1. The monoisotopic (exact) mass is 278 g/mol. The largest absolute Gasteiger partial charge is 0.478 e. The lowest BCUT2D eigenvalue weighted by molar-refractivity contribution is -0.385. The summed E-state index contributed by atoms with van der Waals surface area (Å²) in [6.45, 7) is 0. The summed E-state index contributed by atoms with van der Waals surface area (Å²) in [6.07, 6.45) is 2.37. The quantitative estimate of drug-likeness (QED) is 0.681. The lowest BCUT2D eigenvalue weighted by atomic mass is 10.2. The molecule has 2 rings (SSSR count). The third kappa shape index (κ3) is 2.69. The van der Waals surface area contributed by atoms with Gasteiger partial charge in [0, 0.05) is 12.3 Å². The van der Waals surface area contributed by atoms with Gasteiger partial charge in [-0.1, -0.05) is 0 Å². The third-order valence-electron chi connectivity index (χ3n) is 2.36. The molecule has 102 valence electrons. The molecule has 20 heavy (non-hydrogen) atoms. The molecule has 1 heterocycles. The van der Waals surface area contributed by atoms with E-state index in [1.54, 1.807) is 0 Å². The van der Waals surface area contributed by atoms with Crippen molar-refractivity contribution in [3.05, 3.63) is 58.2 Å². The first kappa shape index (κ1) is 13.4. The molecule has 0 aliphatic rings. The molecule has 7 nitrogen and oxygen atoms in total. The number of nitro groups is 1. The number of aromatic carboxylic acids is 1. The van der Waals surface area contributed by atoms with Crippen LogP contribution in [0.25, 0.3) is 0 Å². The summed E-state index contributed by atoms with van der Waals surface area (Å²) in [5.74, 6) is -2.72. The second-order valence-electron chi connectivity index (χ2n) is 3.65. The molecule has 0 spiro atoms. The van der Waals surface area contributed by atoms with Crippen molar-refractivity contribution in [2.75, 3.05) is 0 Å². The van der Waals surface area contributed by atoms with Crippen molar-refractivity contribution in [2.24, 2.45) is 0 Å². The number of halogens is 1. The van der Waals surface area contributed by atoms with E-state index in [0.717, 1.165) is 18.3 Å². The van der Waals surface area contributed by atoms with E-state index in [2.05, 4.69) is 4.98 Å². The second-order valence-corrected chi connectivity index (χ2v) is 3.65. The van der Waals surface area contributed by atoms with Crippen LogP contribution in [0.1, 0.15) is 10.4 Å². The van der Waals surface area contributed by atoms with Gasteiger partial charge in [0.1, 0.15) is 5.56 Å². The number of nitrogens with zero attached hydrogens (tertiary/aromatic N) is 2. The molecule has 0 fully saturated rings. The Labute approximate surface area is 111 Å². The van der Waals surface area contributed by atoms with E-state index in [0.29, 0.717) is 6.07 Å². The number of hydrogen-bond acceptors (Lipinski definition) is 5. The zero-order valence-electron chi connectivity index (χ0n) is 9.82. The average molecular weight is 278 g/mol. The number of carboxylic acids is 1. The van der Waals surface area contributed by atoms with Crippen LogP contribution in [-0.4, -0.2) is 21.0 Å². The number of rotatable bonds is 4. The van der Waals surface area contributed by atoms with Crippen LogP contribution < -0.4 is 4.74 Å². The number of carbonyl (C=O) groups is 1. The Kier molecular flexibility index (Phi) is 3.56. The number of benzene rings is 1. The zero-order valence-corrected chi connectivity index (χ0v) is 9.82. The van der Waals surface area contributed by atoms with Gasteiger partial charge in [0.2, 0.25) is 0 Å². The molecule has 0 unspecified atom stereocenters. The van der Waals surface area contributed by atoms with Crippen LogP contribution in [0.4, 0.5) is 10.1 Å². The van der Waals surface area contributed by atoms with Gasteiger partial charge in [-0.25, -0.2) is 9.18 Å². The molecular formula is C12H7FN2O5. The van der Waals surface area contributed by atoms with Gasteiger partial charge < -0.3 is 9.84 Å². The average Bonchev–Trinajstić information content (AvgIpc) is 2.41. The molecule has 0 amide bonds. The highest BCUT2D eigenvalue weighted by molar-refractivity contribution is 5.90. The molecule has 0 saturated carbocycles. The summed E-state index contributed by atoms with van der Waals surface area (Å²) in [4.78, 5) is 24.4. The fourth-order valence-electron chi connectivity index (χ4n) is 1.44. The van der Waals surface area contributed by atoms with Crippen LogP contribution >= 0.6 is 0 Å². The Morgan fingerprint density at radius 2 is 2.10 bits per heavy atom. The molecule has 0 radical (unpaired) electrons. The van der Waals surface area contributed by atoms with Crippen LogP contribution in [0, 0.1) is 15.9 Å². The van der Waals surface area contributed by atoms with E-state index in [1.165, 1.54) is 12.3 Å². The van der Waals surface area contributed by atoms with Gasteiger partial charge in [0.05, 0.1) is 17.2 Å². The van der Waals surface area contributed by atoms with Crippen LogP contribution in [0.15, 0.2) is 36.7 Å². The smallest absolute Gasteiger partial charge is 0.339 e. The summed E-state index contributed by atoms with van der Waals surface area (Å²) in [5, 5.41) is 19.4. The van der Waals surface area contributed by atoms with E-state index in [1.807, 2.05) is 0 Å². The van der Waals surface area contributed by atoms with E-state index in [4.69, 9.17) is 9.84 Å². The highest BCUT2D eigenvalue weighted by atomic mass is 19.1. The molecule has 0 atom stereocenters. The highest BCUT2D eigenvalue weighted by Gasteiger charge is 2.16. The Bertz CT molecular complexity index is 689. The molecule has 1 N–H and O–H groups in total. The van der Waals surface area contributed by atoms with Crippen LogP contribution in [0.3, 0.4) is 0 Å². The Morgan fingerprint density at radius 3 is 2.70 bits per heavy atom. The topological polar surface area (TPSA) is 103 Å². The zero-order chi connectivity index (χ0) is 14.7. The van der Waals surface area contributed by atoms with Crippen molar-refractivity contribution in [3.8, 4) is 11.5 Å². The standard InChI is InChI=1S/C12H7FN2O5/c13-9-5-7(15(18)19)1-2-10(9)20-11-6-14-4-3-8(11)12(16)17/h1-6H,(H,16,17). The second kappa shape index (κ2) is 5.31. The maximum absolute atomic E-state index is 13.6. The van der Waals surface area contributed by atoms with Crippen molar-refractivity contribution in [3.63, 3.8) is 0 Å². The summed E-state index contributed by atoms with van der Waals surface area (Å²) in [6, 6.07) is 3.98. The maximum Gasteiger partial charge on any atom is 0.339 e. The van der Waals surface area contributed by atoms with Crippen molar-refractivity contribution < 1.29 is 24.0 Å². The van der Waals surface area contributed by atoms with Crippen LogP contribution in [-0.2, 0) is 0 Å². The fourth-order valence-corrected chi connectivity index (χ4v) is 1.44. The first-order valence-corrected chi connectivity index (χ1v) is 5.28. The lowest BCUT2D eigenvalue weighted by Gasteiger charge is -2.08. The van der Waals surface area contributed by atoms with Gasteiger partial charge in [-0.05, 0) is 12.1 Å². The van der Waals surface area contributed by atoms with Gasteiger partial charge in [-0.3, -0.25) is 15.1 Å². The maximum atomic E-state index is 13.6. The normalized spacial score (nSPS) is 10.1. The number of hydrogen-bond donors (Lipinski definition) is 1. The van der Waals surface area contributed by atoms with Gasteiger partial charge in [0.15, 0.2) is 17.3 Å². The first-order valence-electron chi connectivity index (χ1n) is 5.28. The molecule has 8 heteroatoms. The number of non-ortho nitro benzene ring substituents is 1. The van der Waals surface area contributed by atoms with E-state index < -0.39 is 22.4 Å². The number of nitro benzene ring substituents is 1. The molecule has 0 aliphatic carbocycles. The summed E-state index contributed by atoms with van der Waals surface area (Å²) in [5.41, 5.74) is -0.628. The van der Waals surface area contributed by atoms with E-state index in [9.17, 15) is 19.3 Å². The molecule has 0 aliphatic heterocycles. The van der Waals surface area contributed by atoms with Gasteiger partial charge in [-0.2, -0.15) is 0 Å². The van der Waals surface area contributed by atoms with Crippen LogP contribution in [0.2, 0.25) is 0 Å². The Morgan fingerprint density at radius 1 is 1.35 bits per heavy atom. The predicted octanol–water partition coefficient (Wildman–Crippen LogP) is 2.62. The predicted molar refractivity (Wildman–Crippen MR) is 64.3 cm³/mol. The van der Waals surface area contributed by atoms with E-state index >= 15 is 0 Å². The molecule has 0 saturated heterocycles. The van der Waals surface area contributed by atoms with Crippen LogP contribution in [0.5, 0.6) is 11.5 Å². The molecular weight excluding hydrogens is 271 g/mol. The van der Waals surface area contributed by atoms with Gasteiger partial charge in [0.25, 0.3) is 5.69 Å². The molecule has 2 aromatic rings. The third-order valence-corrected chi connectivity index (χ3v) is 2.36. The summed E-state index contributed by atoms with van der Waals surface area (Å²) < 4.78 is 18.7. The molecule has 1 aromatic heterocycles. The number of aromatic nitrogens is 1. The molecule has 0 bridgehead atoms. The lowest BCUT2D eigenvalue weighted by Crippen LogP contribution is -2.01. The van der Waals surface area contributed by atoms with Crippen molar-refractivity contribution >= 4 is 11.7 Å². The molecule has 1 aromatic carbocycles. The number of carboxylic acid groups (broad SMARTS) is 1. The van der Waals surface area contributed by atoms with Crippen molar-refractivity contribution in [2.45, 2.75) is 0 Å². The SMILES string of the molecule is O=C(O)c1ccncc1Oc1ccc([N+](=O)[O-])cc1F.